The third-order valence-electron chi connectivity index (χ3n) is 3.87. The topological polar surface area (TPSA) is 84.3 Å². The number of methoxy groups -OCH3 is 2. The highest BCUT2D eigenvalue weighted by molar-refractivity contribution is 14.0. The first-order chi connectivity index (χ1) is 13.7. The summed E-state index contributed by atoms with van der Waals surface area (Å²) in [6, 6.07) is 13.0. The van der Waals surface area contributed by atoms with E-state index in [1.165, 1.54) is 7.11 Å². The average molecular weight is 515 g/mol. The van der Waals surface area contributed by atoms with Crippen LogP contribution in [0.5, 0.6) is 17.2 Å². The molecule has 0 fully saturated rings. The highest BCUT2D eigenvalue weighted by Gasteiger charge is 2.04. The Morgan fingerprint density at radius 1 is 1.10 bits per heavy atom. The molecule has 29 heavy (non-hydrogen) atoms. The third-order valence-corrected chi connectivity index (χ3v) is 3.87. The van der Waals surface area contributed by atoms with Gasteiger partial charge < -0.3 is 30.0 Å². The molecule has 2 aromatic carbocycles. The lowest BCUT2D eigenvalue weighted by Crippen LogP contribution is -2.30. The quantitative estimate of drug-likeness (QED) is 0.192. The Labute approximate surface area is 189 Å². The van der Waals surface area contributed by atoms with Gasteiger partial charge in [-0.2, -0.15) is 0 Å². The van der Waals surface area contributed by atoms with Crippen molar-refractivity contribution < 1.29 is 19.3 Å². The predicted molar refractivity (Wildman–Crippen MR) is 127 cm³/mol. The summed E-state index contributed by atoms with van der Waals surface area (Å²) in [4.78, 5) is 4.58. The molecule has 0 atom stereocenters. The van der Waals surface area contributed by atoms with Gasteiger partial charge in [0.1, 0.15) is 5.75 Å². The van der Waals surface area contributed by atoms with E-state index in [2.05, 4.69) is 15.6 Å². The molecule has 7 nitrogen and oxygen atoms in total. The van der Waals surface area contributed by atoms with E-state index < -0.39 is 0 Å². The van der Waals surface area contributed by atoms with Crippen molar-refractivity contribution in [3.05, 3.63) is 48.0 Å². The predicted octanol–water partition coefficient (Wildman–Crippen LogP) is 4.01. The zero-order valence-corrected chi connectivity index (χ0v) is 19.4. The third kappa shape index (κ3) is 8.78. The largest absolute Gasteiger partial charge is 0.504 e. The molecule has 160 valence electrons. The fourth-order valence-electron chi connectivity index (χ4n) is 2.50. The van der Waals surface area contributed by atoms with Gasteiger partial charge in [-0.05, 0) is 36.8 Å². The van der Waals surface area contributed by atoms with E-state index >= 15 is 0 Å². The summed E-state index contributed by atoms with van der Waals surface area (Å²) in [5.41, 5.74) is 1.76. The summed E-state index contributed by atoms with van der Waals surface area (Å²) in [6.07, 6.45) is 0.840. The molecular formula is C21H30IN3O4. The summed E-state index contributed by atoms with van der Waals surface area (Å²) in [5.74, 6) is 1.98. The molecule has 0 saturated carbocycles. The highest BCUT2D eigenvalue weighted by atomic mass is 127. The van der Waals surface area contributed by atoms with Crippen LogP contribution in [-0.4, -0.2) is 45.0 Å². The lowest BCUT2D eigenvalue weighted by atomic mass is 10.2. The fraction of sp³-hybridized carbons (Fsp3) is 0.381. The molecule has 0 aliphatic rings. The molecule has 0 unspecified atom stereocenters. The average Bonchev–Trinajstić information content (AvgIpc) is 2.70. The number of phenols is 1. The molecule has 0 aromatic heterocycles. The van der Waals surface area contributed by atoms with Crippen LogP contribution in [0.25, 0.3) is 0 Å². The number of nitrogens with one attached hydrogen (secondary N) is 2. The molecule has 8 heteroatoms. The van der Waals surface area contributed by atoms with Gasteiger partial charge in [0.2, 0.25) is 0 Å². The molecule has 0 heterocycles. The van der Waals surface area contributed by atoms with Crippen LogP contribution in [-0.2, 0) is 11.3 Å². The maximum atomic E-state index is 9.90. The summed E-state index contributed by atoms with van der Waals surface area (Å²) in [5, 5.41) is 16.4. The van der Waals surface area contributed by atoms with E-state index in [1.807, 2.05) is 37.3 Å². The van der Waals surface area contributed by atoms with Crippen LogP contribution in [0.3, 0.4) is 0 Å². The molecule has 2 aromatic rings. The minimum Gasteiger partial charge on any atom is -0.504 e. The van der Waals surface area contributed by atoms with Crippen molar-refractivity contribution in [3.8, 4) is 17.2 Å². The molecule has 0 spiro atoms. The van der Waals surface area contributed by atoms with Gasteiger partial charge in [0.05, 0.1) is 20.3 Å². The first kappa shape index (κ1) is 24.8. The number of rotatable bonds is 10. The van der Waals surface area contributed by atoms with Crippen molar-refractivity contribution in [2.75, 3.05) is 39.3 Å². The number of aliphatic imine (C=N–C) groups is 1. The van der Waals surface area contributed by atoms with Crippen LogP contribution in [0, 0.1) is 0 Å². The minimum atomic E-state index is 0. The van der Waals surface area contributed by atoms with E-state index in [0.717, 1.165) is 30.0 Å². The lowest BCUT2D eigenvalue weighted by Gasteiger charge is -2.13. The van der Waals surface area contributed by atoms with Crippen LogP contribution in [0.15, 0.2) is 47.5 Å². The second-order valence-corrected chi connectivity index (χ2v) is 6.05. The Morgan fingerprint density at radius 3 is 2.62 bits per heavy atom. The Kier molecular flexibility index (Phi) is 11.9. The molecule has 0 radical (unpaired) electrons. The summed E-state index contributed by atoms with van der Waals surface area (Å²) in [7, 11) is 3.20. The zero-order chi connectivity index (χ0) is 20.2. The number of aromatic hydroxyl groups is 1. The van der Waals surface area contributed by atoms with Crippen LogP contribution < -0.4 is 20.1 Å². The van der Waals surface area contributed by atoms with Crippen molar-refractivity contribution >= 4 is 35.6 Å². The molecule has 0 aliphatic carbocycles. The van der Waals surface area contributed by atoms with Gasteiger partial charge >= 0.3 is 0 Å². The number of nitrogens with zero attached hydrogens (tertiary/aromatic N) is 1. The summed E-state index contributed by atoms with van der Waals surface area (Å²) in [6.45, 7) is 4.43. The van der Waals surface area contributed by atoms with E-state index in [9.17, 15) is 5.11 Å². The number of anilines is 1. The maximum absolute atomic E-state index is 9.90. The number of hydrogen-bond acceptors (Lipinski definition) is 5. The van der Waals surface area contributed by atoms with Crippen LogP contribution in [0.1, 0.15) is 18.9 Å². The molecule has 0 bridgehead atoms. The van der Waals surface area contributed by atoms with E-state index in [0.29, 0.717) is 31.5 Å². The summed E-state index contributed by atoms with van der Waals surface area (Å²) < 4.78 is 15.8. The monoisotopic (exact) mass is 515 g/mol. The van der Waals surface area contributed by atoms with Crippen LogP contribution >= 0.6 is 24.0 Å². The first-order valence-electron chi connectivity index (χ1n) is 9.29. The van der Waals surface area contributed by atoms with Crippen LogP contribution in [0.2, 0.25) is 0 Å². The second kappa shape index (κ2) is 13.9. The SMILES string of the molecule is CCNC(=NCc1ccc(OC)c(O)c1)Nc1cccc(OCCCOC)c1.I. The Hall–Kier alpha value is -2.20. The van der Waals surface area contributed by atoms with Gasteiger partial charge in [0.25, 0.3) is 0 Å². The molecule has 2 rings (SSSR count). The number of ether oxygens (including phenoxy) is 3. The molecule has 0 amide bonds. The van der Waals surface area contributed by atoms with Crippen molar-refractivity contribution in [2.24, 2.45) is 4.99 Å². The van der Waals surface area contributed by atoms with E-state index in [-0.39, 0.29) is 29.7 Å². The molecule has 0 saturated heterocycles. The van der Waals surface area contributed by atoms with Gasteiger partial charge in [-0.1, -0.05) is 12.1 Å². The van der Waals surface area contributed by atoms with Gasteiger partial charge in [0.15, 0.2) is 17.5 Å². The van der Waals surface area contributed by atoms with Gasteiger partial charge in [-0.15, -0.1) is 24.0 Å². The van der Waals surface area contributed by atoms with Crippen molar-refractivity contribution in [1.82, 2.24) is 5.32 Å². The van der Waals surface area contributed by atoms with Gasteiger partial charge in [0, 0.05) is 38.4 Å². The Morgan fingerprint density at radius 2 is 1.93 bits per heavy atom. The first-order valence-corrected chi connectivity index (χ1v) is 9.29. The minimum absolute atomic E-state index is 0. The van der Waals surface area contributed by atoms with Gasteiger partial charge in [-0.3, -0.25) is 0 Å². The number of benzene rings is 2. The summed E-state index contributed by atoms with van der Waals surface area (Å²) >= 11 is 0. The Bertz CT molecular complexity index is 771. The molecule has 3 N–H and O–H groups in total. The van der Waals surface area contributed by atoms with Crippen molar-refractivity contribution in [1.29, 1.82) is 0 Å². The molecule has 0 aliphatic heterocycles. The number of halogens is 1. The van der Waals surface area contributed by atoms with E-state index in [4.69, 9.17) is 14.2 Å². The number of guanidine groups is 1. The zero-order valence-electron chi connectivity index (χ0n) is 17.1. The smallest absolute Gasteiger partial charge is 0.196 e. The lowest BCUT2D eigenvalue weighted by molar-refractivity contribution is 0.172. The standard InChI is InChI=1S/C21H29N3O4.HI/c1-4-22-21(23-15-16-9-10-20(27-3)19(25)13-16)24-17-7-5-8-18(14-17)28-12-6-11-26-2;/h5,7-10,13-14,25H,4,6,11-12,15H2,1-3H3,(H2,22,23,24);1H. The Balaban J connectivity index is 0.00000420. The second-order valence-electron chi connectivity index (χ2n) is 6.05. The molecular weight excluding hydrogens is 485 g/mol. The number of phenolic OH excluding ortho intramolecular Hbond substituents is 1. The fourth-order valence-corrected chi connectivity index (χ4v) is 2.50. The van der Waals surface area contributed by atoms with Crippen molar-refractivity contribution in [3.63, 3.8) is 0 Å². The highest BCUT2D eigenvalue weighted by Crippen LogP contribution is 2.26. The maximum Gasteiger partial charge on any atom is 0.196 e. The number of hydrogen-bond donors (Lipinski definition) is 3. The van der Waals surface area contributed by atoms with E-state index in [1.54, 1.807) is 19.2 Å². The van der Waals surface area contributed by atoms with Gasteiger partial charge in [-0.25, -0.2) is 4.99 Å². The normalized spacial score (nSPS) is 10.8. The van der Waals surface area contributed by atoms with Crippen molar-refractivity contribution in [2.45, 2.75) is 19.9 Å². The van der Waals surface area contributed by atoms with Crippen LogP contribution in [0.4, 0.5) is 5.69 Å².